The van der Waals surface area contributed by atoms with E-state index in [1.54, 1.807) is 6.08 Å². The average Bonchev–Trinajstić information content (AvgIpc) is 2.43. The molecule has 0 aliphatic rings. The van der Waals surface area contributed by atoms with Crippen molar-refractivity contribution in [1.82, 2.24) is 0 Å². The van der Waals surface area contributed by atoms with Crippen molar-refractivity contribution in [3.05, 3.63) is 11.6 Å². The van der Waals surface area contributed by atoms with E-state index in [4.69, 9.17) is 4.43 Å². The van der Waals surface area contributed by atoms with Crippen LogP contribution in [-0.2, 0) is 18.8 Å². The number of rotatable bonds is 9. The van der Waals surface area contributed by atoms with Crippen molar-refractivity contribution in [2.24, 2.45) is 0 Å². The van der Waals surface area contributed by atoms with Gasteiger partial charge < -0.3 is 9.16 Å². The Labute approximate surface area is 110 Å². The smallest absolute Gasteiger partial charge is 0.340 e. The van der Waals surface area contributed by atoms with Gasteiger partial charge in [-0.2, -0.15) is 0 Å². The summed E-state index contributed by atoms with van der Waals surface area (Å²) in [6.07, 6.45) is 2.67. The van der Waals surface area contributed by atoms with Crippen LogP contribution >= 0.6 is 0 Å². The molecule has 0 aliphatic heterocycles. The molecule has 0 unspecified atom stereocenters. The van der Waals surface area contributed by atoms with Gasteiger partial charge >= 0.3 is 5.97 Å². The SMILES string of the molecule is CC[Si](CC)(CC)OCC/C=C(/C=O)C(=O)OC. The van der Waals surface area contributed by atoms with Gasteiger partial charge in [0.05, 0.1) is 12.7 Å². The molecule has 0 spiro atoms. The van der Waals surface area contributed by atoms with Gasteiger partial charge in [-0.25, -0.2) is 4.79 Å². The highest BCUT2D eigenvalue weighted by molar-refractivity contribution is 6.73. The quantitative estimate of drug-likeness (QED) is 0.123. The molecule has 4 nitrogen and oxygen atoms in total. The largest absolute Gasteiger partial charge is 0.465 e. The molecule has 0 aromatic rings. The van der Waals surface area contributed by atoms with E-state index in [-0.39, 0.29) is 5.57 Å². The number of hydrogen-bond acceptors (Lipinski definition) is 4. The van der Waals surface area contributed by atoms with Crippen LogP contribution in [0.3, 0.4) is 0 Å². The van der Waals surface area contributed by atoms with Crippen LogP contribution in [0.1, 0.15) is 27.2 Å². The molecule has 0 fully saturated rings. The lowest BCUT2D eigenvalue weighted by Gasteiger charge is -2.27. The van der Waals surface area contributed by atoms with E-state index in [9.17, 15) is 9.59 Å². The minimum absolute atomic E-state index is 0.0675. The molecule has 18 heavy (non-hydrogen) atoms. The minimum Gasteiger partial charge on any atom is -0.465 e. The maximum absolute atomic E-state index is 11.1. The first-order chi connectivity index (χ1) is 8.59. The normalized spacial score (nSPS) is 12.3. The van der Waals surface area contributed by atoms with Gasteiger partial charge in [0, 0.05) is 6.61 Å². The second kappa shape index (κ2) is 9.05. The summed E-state index contributed by atoms with van der Waals surface area (Å²) in [6.45, 7) is 7.07. The summed E-state index contributed by atoms with van der Waals surface area (Å²) in [5.74, 6) is -0.588. The molecular weight excluding hydrogens is 248 g/mol. The molecule has 0 bridgehead atoms. The monoisotopic (exact) mass is 272 g/mol. The maximum Gasteiger partial charge on any atom is 0.340 e. The first-order valence-corrected chi connectivity index (χ1v) is 8.99. The molecule has 0 rings (SSSR count). The molecule has 0 aliphatic carbocycles. The van der Waals surface area contributed by atoms with E-state index in [0.29, 0.717) is 19.3 Å². The van der Waals surface area contributed by atoms with E-state index in [1.807, 2.05) is 0 Å². The number of methoxy groups -OCH3 is 1. The van der Waals surface area contributed by atoms with Gasteiger partial charge in [0.2, 0.25) is 0 Å². The molecule has 104 valence electrons. The molecule has 0 heterocycles. The second-order valence-corrected chi connectivity index (χ2v) is 8.93. The molecule has 0 N–H and O–H groups in total. The fraction of sp³-hybridized carbons (Fsp3) is 0.692. The lowest BCUT2D eigenvalue weighted by molar-refractivity contribution is -0.136. The highest BCUT2D eigenvalue weighted by atomic mass is 28.4. The Balaban J connectivity index is 4.29. The van der Waals surface area contributed by atoms with Gasteiger partial charge in [-0.15, -0.1) is 0 Å². The van der Waals surface area contributed by atoms with Crippen molar-refractivity contribution in [2.75, 3.05) is 13.7 Å². The van der Waals surface area contributed by atoms with Crippen molar-refractivity contribution in [2.45, 2.75) is 45.3 Å². The highest BCUT2D eigenvalue weighted by Gasteiger charge is 2.28. The van der Waals surface area contributed by atoms with Crippen LogP contribution in [0, 0.1) is 0 Å². The Kier molecular flexibility index (Phi) is 8.57. The number of carbonyl (C=O) groups excluding carboxylic acids is 2. The first kappa shape index (κ1) is 17.1. The summed E-state index contributed by atoms with van der Waals surface area (Å²) in [5, 5.41) is 0. The Bertz CT molecular complexity index is 287. The molecular formula is C13H24O4Si. The minimum atomic E-state index is -1.57. The van der Waals surface area contributed by atoms with Crippen molar-refractivity contribution >= 4 is 20.6 Å². The summed E-state index contributed by atoms with van der Waals surface area (Å²) in [4.78, 5) is 21.8. The summed E-state index contributed by atoms with van der Waals surface area (Å²) < 4.78 is 10.5. The average molecular weight is 272 g/mol. The van der Waals surface area contributed by atoms with Crippen molar-refractivity contribution in [1.29, 1.82) is 0 Å². The topological polar surface area (TPSA) is 52.6 Å². The fourth-order valence-corrected chi connectivity index (χ4v) is 4.51. The lowest BCUT2D eigenvalue weighted by Crippen LogP contribution is -2.35. The molecule has 0 radical (unpaired) electrons. The summed E-state index contributed by atoms with van der Waals surface area (Å²) >= 11 is 0. The molecule has 0 saturated heterocycles. The molecule has 0 saturated carbocycles. The summed E-state index contributed by atoms with van der Waals surface area (Å²) in [7, 11) is -0.306. The first-order valence-electron chi connectivity index (χ1n) is 6.46. The van der Waals surface area contributed by atoms with Gasteiger partial charge in [-0.3, -0.25) is 4.79 Å². The van der Waals surface area contributed by atoms with Crippen LogP contribution < -0.4 is 0 Å². The standard InChI is InChI=1S/C13H24O4Si/c1-5-18(6-2,7-3)17-10-8-9-12(11-14)13(15)16-4/h9,11H,5-8,10H2,1-4H3/b12-9-. The summed E-state index contributed by atoms with van der Waals surface area (Å²) in [5.41, 5.74) is 0.0675. The van der Waals surface area contributed by atoms with Crippen LogP contribution in [0.15, 0.2) is 11.6 Å². The Morgan fingerprint density at radius 1 is 1.17 bits per heavy atom. The van der Waals surface area contributed by atoms with E-state index >= 15 is 0 Å². The van der Waals surface area contributed by atoms with Gasteiger partial charge in [-0.1, -0.05) is 26.8 Å². The zero-order chi connectivity index (χ0) is 14.0. The van der Waals surface area contributed by atoms with Gasteiger partial charge in [0.25, 0.3) is 0 Å². The van der Waals surface area contributed by atoms with Crippen LogP contribution in [0.2, 0.25) is 18.1 Å². The Hall–Kier alpha value is -0.943. The third-order valence-corrected chi connectivity index (χ3v) is 8.05. The van der Waals surface area contributed by atoms with E-state index < -0.39 is 14.3 Å². The van der Waals surface area contributed by atoms with E-state index in [0.717, 1.165) is 18.1 Å². The zero-order valence-corrected chi connectivity index (χ0v) is 12.8. The zero-order valence-electron chi connectivity index (χ0n) is 11.8. The van der Waals surface area contributed by atoms with Crippen LogP contribution in [-0.4, -0.2) is 34.3 Å². The van der Waals surface area contributed by atoms with Crippen LogP contribution in [0.4, 0.5) is 0 Å². The molecule has 5 heteroatoms. The Morgan fingerprint density at radius 3 is 2.11 bits per heavy atom. The van der Waals surface area contributed by atoms with E-state index in [2.05, 4.69) is 25.5 Å². The number of aldehydes is 1. The van der Waals surface area contributed by atoms with Crippen LogP contribution in [0.5, 0.6) is 0 Å². The number of hydrogen-bond donors (Lipinski definition) is 0. The molecule has 0 aromatic carbocycles. The van der Waals surface area contributed by atoms with Crippen molar-refractivity contribution < 1.29 is 18.8 Å². The second-order valence-electron chi connectivity index (χ2n) is 4.15. The molecule has 0 aromatic heterocycles. The van der Waals surface area contributed by atoms with E-state index in [1.165, 1.54) is 7.11 Å². The van der Waals surface area contributed by atoms with Gasteiger partial charge in [0.1, 0.15) is 0 Å². The summed E-state index contributed by atoms with van der Waals surface area (Å²) in [6, 6.07) is 3.30. The predicted octanol–water partition coefficient (Wildman–Crippen LogP) is 2.70. The van der Waals surface area contributed by atoms with Crippen LogP contribution in [0.25, 0.3) is 0 Å². The highest BCUT2D eigenvalue weighted by Crippen LogP contribution is 2.21. The number of ether oxygens (including phenoxy) is 1. The van der Waals surface area contributed by atoms with Crippen molar-refractivity contribution in [3.63, 3.8) is 0 Å². The lowest BCUT2D eigenvalue weighted by atomic mass is 10.2. The molecule has 0 atom stereocenters. The van der Waals surface area contributed by atoms with Gasteiger partial charge in [0.15, 0.2) is 14.6 Å². The molecule has 0 amide bonds. The third-order valence-electron chi connectivity index (χ3n) is 3.37. The van der Waals surface area contributed by atoms with Gasteiger partial charge in [-0.05, 0) is 24.6 Å². The maximum atomic E-state index is 11.1. The predicted molar refractivity (Wildman–Crippen MR) is 73.9 cm³/mol. The number of esters is 1. The fourth-order valence-electron chi connectivity index (χ4n) is 1.84. The number of carbonyl (C=O) groups is 2. The third kappa shape index (κ3) is 5.14. The Morgan fingerprint density at radius 2 is 1.72 bits per heavy atom. The van der Waals surface area contributed by atoms with Crippen molar-refractivity contribution in [3.8, 4) is 0 Å².